The molecule has 1 aromatic heterocycles. The van der Waals surface area contributed by atoms with Gasteiger partial charge in [0.1, 0.15) is 5.82 Å². The van der Waals surface area contributed by atoms with E-state index in [0.717, 1.165) is 28.8 Å². The fourth-order valence-corrected chi connectivity index (χ4v) is 3.20. The van der Waals surface area contributed by atoms with Crippen molar-refractivity contribution in [1.82, 2.24) is 9.97 Å². The monoisotopic (exact) mass is 426 g/mol. The van der Waals surface area contributed by atoms with Gasteiger partial charge in [-0.15, -0.1) is 0 Å². The molecule has 3 rings (SSSR count). The van der Waals surface area contributed by atoms with E-state index in [1.165, 1.54) is 12.1 Å². The Kier molecular flexibility index (Phi) is 6.34. The predicted molar refractivity (Wildman–Crippen MR) is 118 cm³/mol. The normalized spacial score (nSPS) is 12.3. The average Bonchev–Trinajstić information content (AvgIpc) is 2.71. The zero-order chi connectivity index (χ0) is 22.6. The average molecular weight is 426 g/mol. The maximum Gasteiger partial charge on any atom is 0.416 e. The third-order valence-corrected chi connectivity index (χ3v) is 5.08. The number of allylic oxidation sites excluding steroid dienone is 1. The van der Waals surface area contributed by atoms with Crippen molar-refractivity contribution in [2.45, 2.75) is 38.9 Å². The number of hydrogen-bond acceptors (Lipinski definition) is 4. The number of nitrogens with one attached hydrogen (secondary N) is 1. The number of nitrogens with two attached hydrogens (primary N) is 1. The van der Waals surface area contributed by atoms with Crippen LogP contribution in [0.5, 0.6) is 0 Å². The second-order valence-corrected chi connectivity index (χ2v) is 7.90. The highest BCUT2D eigenvalue weighted by Crippen LogP contribution is 2.33. The molecule has 0 aliphatic rings. The number of hydrogen-bond donors (Lipinski definition) is 2. The van der Waals surface area contributed by atoms with Gasteiger partial charge in [-0.2, -0.15) is 18.2 Å². The molecule has 2 aromatic carbocycles. The molecule has 3 N–H and O–H groups in total. The van der Waals surface area contributed by atoms with E-state index in [4.69, 9.17) is 5.73 Å². The lowest BCUT2D eigenvalue weighted by Gasteiger charge is -2.22. The maximum atomic E-state index is 12.9. The molecule has 0 radical (unpaired) electrons. The molecular formula is C24H25F3N4. The lowest BCUT2D eigenvalue weighted by molar-refractivity contribution is -0.137. The third-order valence-electron chi connectivity index (χ3n) is 5.08. The number of nitrogens with zero attached hydrogens (tertiary/aromatic N) is 2. The first-order chi connectivity index (χ1) is 14.6. The van der Waals surface area contributed by atoms with Crippen LogP contribution in [0.3, 0.4) is 0 Å². The molecule has 31 heavy (non-hydrogen) atoms. The van der Waals surface area contributed by atoms with Crippen LogP contribution in [0.4, 0.5) is 24.9 Å². The molecule has 0 spiro atoms. The van der Waals surface area contributed by atoms with Crippen LogP contribution >= 0.6 is 0 Å². The van der Waals surface area contributed by atoms with Crippen molar-refractivity contribution in [1.29, 1.82) is 0 Å². The predicted octanol–water partition coefficient (Wildman–Crippen LogP) is 5.99. The summed E-state index contributed by atoms with van der Waals surface area (Å²) in [5.74, 6) is 0.778. The van der Waals surface area contributed by atoms with Gasteiger partial charge < -0.3 is 11.1 Å². The number of benzene rings is 2. The van der Waals surface area contributed by atoms with E-state index in [1.807, 2.05) is 63.3 Å². The van der Waals surface area contributed by atoms with Crippen LogP contribution in [0, 0.1) is 6.92 Å². The van der Waals surface area contributed by atoms with Gasteiger partial charge in [0.2, 0.25) is 5.95 Å². The molecule has 0 fully saturated rings. The fraction of sp³-hybridized carbons (Fsp3) is 0.250. The van der Waals surface area contributed by atoms with Crippen LogP contribution in [-0.2, 0) is 18.1 Å². The maximum absolute atomic E-state index is 12.9. The molecule has 0 aliphatic carbocycles. The summed E-state index contributed by atoms with van der Waals surface area (Å²) in [6.07, 6.45) is -0.527. The van der Waals surface area contributed by atoms with Gasteiger partial charge in [-0.05, 0) is 30.2 Å². The van der Waals surface area contributed by atoms with Crippen molar-refractivity contribution in [2.24, 2.45) is 0 Å². The Balaban J connectivity index is 1.86. The number of nitrogen functional groups attached to an aromatic ring is 1. The van der Waals surface area contributed by atoms with Crippen molar-refractivity contribution in [3.8, 4) is 0 Å². The van der Waals surface area contributed by atoms with Gasteiger partial charge in [0, 0.05) is 17.5 Å². The van der Waals surface area contributed by atoms with Gasteiger partial charge in [0.05, 0.1) is 11.3 Å². The minimum absolute atomic E-state index is 0.173. The molecule has 1 heterocycles. The Morgan fingerprint density at radius 3 is 2.16 bits per heavy atom. The van der Waals surface area contributed by atoms with Crippen molar-refractivity contribution in [3.05, 3.63) is 88.6 Å². The minimum Gasteiger partial charge on any atom is -0.368 e. The van der Waals surface area contributed by atoms with E-state index < -0.39 is 17.2 Å². The van der Waals surface area contributed by atoms with E-state index in [2.05, 4.69) is 15.3 Å². The van der Waals surface area contributed by atoms with Gasteiger partial charge in [-0.3, -0.25) is 0 Å². The summed E-state index contributed by atoms with van der Waals surface area (Å²) >= 11 is 0. The molecule has 3 aromatic rings. The zero-order valence-electron chi connectivity index (χ0n) is 17.7. The summed E-state index contributed by atoms with van der Waals surface area (Å²) in [5.41, 5.74) is 8.03. The standard InChI is InChI=1S/C24H25F3N4/c1-16-20(21(31-22(28)30-16)29-15-17-7-5-4-6-8-17)13-14-23(2,3)18-9-11-19(12-10-18)24(25,26)27/h4-14H,15H2,1-3H3,(H3,28,29,30,31)/b14-13+. The number of aromatic nitrogens is 2. The summed E-state index contributed by atoms with van der Waals surface area (Å²) in [6, 6.07) is 15.1. The smallest absolute Gasteiger partial charge is 0.368 e. The lowest BCUT2D eigenvalue weighted by Crippen LogP contribution is -2.15. The Bertz CT molecular complexity index is 1060. The molecule has 0 amide bonds. The molecule has 0 aliphatic heterocycles. The molecule has 0 bridgehead atoms. The van der Waals surface area contributed by atoms with Crippen LogP contribution in [0.1, 0.15) is 41.8 Å². The number of rotatable bonds is 6. The summed E-state index contributed by atoms with van der Waals surface area (Å²) in [4.78, 5) is 8.59. The van der Waals surface area contributed by atoms with Crippen molar-refractivity contribution in [3.63, 3.8) is 0 Å². The topological polar surface area (TPSA) is 63.8 Å². The van der Waals surface area contributed by atoms with Gasteiger partial charge in [-0.25, -0.2) is 4.98 Å². The highest BCUT2D eigenvalue weighted by molar-refractivity contribution is 5.67. The first-order valence-corrected chi connectivity index (χ1v) is 9.85. The van der Waals surface area contributed by atoms with Crippen LogP contribution in [0.25, 0.3) is 6.08 Å². The Morgan fingerprint density at radius 1 is 0.935 bits per heavy atom. The third kappa shape index (κ3) is 5.63. The van der Waals surface area contributed by atoms with Crippen LogP contribution < -0.4 is 11.1 Å². The second-order valence-electron chi connectivity index (χ2n) is 7.90. The van der Waals surface area contributed by atoms with Gasteiger partial charge in [0.25, 0.3) is 0 Å². The SMILES string of the molecule is Cc1nc(N)nc(NCc2ccccc2)c1/C=C/C(C)(C)c1ccc(C(F)(F)F)cc1. The van der Waals surface area contributed by atoms with Gasteiger partial charge >= 0.3 is 6.18 Å². The van der Waals surface area contributed by atoms with Gasteiger partial charge in [-0.1, -0.05) is 68.5 Å². The van der Waals surface area contributed by atoms with Crippen molar-refractivity contribution in [2.75, 3.05) is 11.1 Å². The zero-order valence-corrected chi connectivity index (χ0v) is 17.7. The number of anilines is 2. The van der Waals surface area contributed by atoms with E-state index >= 15 is 0 Å². The summed E-state index contributed by atoms with van der Waals surface area (Å²) in [5, 5.41) is 3.30. The number of alkyl halides is 3. The minimum atomic E-state index is -4.35. The van der Waals surface area contributed by atoms with E-state index in [9.17, 15) is 13.2 Å². The number of halogens is 3. The first-order valence-electron chi connectivity index (χ1n) is 9.85. The molecule has 4 nitrogen and oxygen atoms in total. The Hall–Kier alpha value is -3.35. The molecule has 162 valence electrons. The molecule has 7 heteroatoms. The quantitative estimate of drug-likeness (QED) is 0.508. The largest absolute Gasteiger partial charge is 0.416 e. The van der Waals surface area contributed by atoms with Crippen molar-refractivity contribution >= 4 is 17.8 Å². The van der Waals surface area contributed by atoms with Crippen LogP contribution in [0.2, 0.25) is 0 Å². The highest BCUT2D eigenvalue weighted by atomic mass is 19.4. The van der Waals surface area contributed by atoms with Crippen LogP contribution in [-0.4, -0.2) is 9.97 Å². The fourth-order valence-electron chi connectivity index (χ4n) is 3.20. The van der Waals surface area contributed by atoms with E-state index in [-0.39, 0.29) is 5.95 Å². The summed E-state index contributed by atoms with van der Waals surface area (Å²) in [6.45, 7) is 6.30. The summed E-state index contributed by atoms with van der Waals surface area (Å²) < 4.78 is 38.6. The summed E-state index contributed by atoms with van der Waals surface area (Å²) in [7, 11) is 0. The molecule has 0 atom stereocenters. The molecule has 0 saturated heterocycles. The van der Waals surface area contributed by atoms with Crippen molar-refractivity contribution < 1.29 is 13.2 Å². The van der Waals surface area contributed by atoms with E-state index in [0.29, 0.717) is 18.1 Å². The highest BCUT2D eigenvalue weighted by Gasteiger charge is 2.30. The molecule has 0 saturated carbocycles. The molecular weight excluding hydrogens is 401 g/mol. The lowest BCUT2D eigenvalue weighted by atomic mass is 9.83. The second kappa shape index (κ2) is 8.79. The van der Waals surface area contributed by atoms with Crippen LogP contribution in [0.15, 0.2) is 60.7 Å². The number of aryl methyl sites for hydroxylation is 1. The molecule has 0 unspecified atom stereocenters. The first kappa shape index (κ1) is 22.3. The van der Waals surface area contributed by atoms with E-state index in [1.54, 1.807) is 0 Å². The van der Waals surface area contributed by atoms with Gasteiger partial charge in [0.15, 0.2) is 0 Å². The Morgan fingerprint density at radius 2 is 1.55 bits per heavy atom. The Labute approximate surface area is 180 Å².